The van der Waals surface area contributed by atoms with Gasteiger partial charge in [-0.2, -0.15) is 5.10 Å². The zero-order chi connectivity index (χ0) is 18.3. The van der Waals surface area contributed by atoms with Crippen molar-refractivity contribution >= 4 is 11.6 Å². The lowest BCUT2D eigenvalue weighted by Gasteiger charge is -2.32. The molecule has 1 aliphatic heterocycles. The third-order valence-electron chi connectivity index (χ3n) is 4.70. The molecule has 132 valence electrons. The van der Waals surface area contributed by atoms with Crippen molar-refractivity contribution in [3.8, 4) is 16.9 Å². The van der Waals surface area contributed by atoms with Crippen LogP contribution in [0.25, 0.3) is 11.1 Å². The van der Waals surface area contributed by atoms with E-state index < -0.39 is 0 Å². The Morgan fingerprint density at radius 1 is 1.19 bits per heavy atom. The van der Waals surface area contributed by atoms with Crippen molar-refractivity contribution in [2.75, 3.05) is 18.6 Å². The highest BCUT2D eigenvalue weighted by atomic mass is 16.5. The van der Waals surface area contributed by atoms with E-state index in [1.54, 1.807) is 24.4 Å². The molecule has 1 aromatic carbocycles. The van der Waals surface area contributed by atoms with Crippen LogP contribution in [-0.4, -0.2) is 34.3 Å². The summed E-state index contributed by atoms with van der Waals surface area (Å²) in [5, 5.41) is 4.48. The molecule has 26 heavy (non-hydrogen) atoms. The molecule has 0 fully saturated rings. The molecule has 0 saturated heterocycles. The number of anilines is 1. The lowest BCUT2D eigenvalue weighted by atomic mass is 10.0. The van der Waals surface area contributed by atoms with Gasteiger partial charge in [-0.15, -0.1) is 0 Å². The Hall–Kier alpha value is -3.15. The molecule has 0 N–H and O–H groups in total. The highest BCUT2D eigenvalue weighted by molar-refractivity contribution is 6.09. The molecule has 1 atom stereocenters. The predicted octanol–water partition coefficient (Wildman–Crippen LogP) is 3.48. The van der Waals surface area contributed by atoms with Gasteiger partial charge >= 0.3 is 0 Å². The van der Waals surface area contributed by atoms with Gasteiger partial charge < -0.3 is 9.64 Å². The number of nitrogens with zero attached hydrogens (tertiary/aromatic N) is 4. The second-order valence-electron chi connectivity index (χ2n) is 6.50. The number of hydrogen-bond acceptors (Lipinski definition) is 4. The first-order valence-corrected chi connectivity index (χ1v) is 8.55. The third-order valence-corrected chi connectivity index (χ3v) is 4.70. The number of amides is 1. The van der Waals surface area contributed by atoms with Gasteiger partial charge in [0.2, 0.25) is 0 Å². The lowest BCUT2D eigenvalue weighted by molar-refractivity contribution is 0.0954. The van der Waals surface area contributed by atoms with Gasteiger partial charge in [0.1, 0.15) is 11.4 Å². The Morgan fingerprint density at radius 2 is 1.96 bits per heavy atom. The second-order valence-corrected chi connectivity index (χ2v) is 6.50. The van der Waals surface area contributed by atoms with Crippen LogP contribution < -0.4 is 9.64 Å². The van der Waals surface area contributed by atoms with E-state index >= 15 is 0 Å². The van der Waals surface area contributed by atoms with Crippen molar-refractivity contribution in [3.63, 3.8) is 0 Å². The zero-order valence-corrected chi connectivity index (χ0v) is 15.0. The summed E-state index contributed by atoms with van der Waals surface area (Å²) in [6.45, 7) is 4.59. The number of carbonyl (C=O) groups is 1. The van der Waals surface area contributed by atoms with Crippen molar-refractivity contribution < 1.29 is 9.53 Å². The number of ether oxygens (including phenoxy) is 1. The van der Waals surface area contributed by atoms with Crippen LogP contribution in [0.15, 0.2) is 48.8 Å². The molecule has 0 unspecified atom stereocenters. The van der Waals surface area contributed by atoms with Crippen molar-refractivity contribution in [3.05, 3.63) is 60.2 Å². The molecule has 1 amide bonds. The Morgan fingerprint density at radius 3 is 2.65 bits per heavy atom. The van der Waals surface area contributed by atoms with Crippen molar-refractivity contribution in [1.29, 1.82) is 0 Å². The van der Waals surface area contributed by atoms with Crippen LogP contribution in [0, 0.1) is 6.92 Å². The second kappa shape index (κ2) is 6.29. The smallest absolute Gasteiger partial charge is 0.277 e. The minimum Gasteiger partial charge on any atom is -0.497 e. The van der Waals surface area contributed by atoms with Crippen LogP contribution in [-0.2, 0) is 0 Å². The van der Waals surface area contributed by atoms with E-state index in [-0.39, 0.29) is 11.9 Å². The van der Waals surface area contributed by atoms with Crippen LogP contribution in [0.1, 0.15) is 29.1 Å². The summed E-state index contributed by atoms with van der Waals surface area (Å²) in [6.07, 6.45) is 3.53. The number of carbonyl (C=O) groups excluding carboxylic acids is 1. The van der Waals surface area contributed by atoms with E-state index in [4.69, 9.17) is 4.74 Å². The SMILES string of the molecule is COc1ccc(N2C[C@H](C)n3ncc(-c4ccnc(C)c4)c3C2=O)cc1. The van der Waals surface area contributed by atoms with Gasteiger partial charge in [-0.05, 0) is 55.8 Å². The molecular weight excluding hydrogens is 328 g/mol. The first-order chi connectivity index (χ1) is 12.6. The maximum Gasteiger partial charge on any atom is 0.277 e. The Kier molecular flexibility index (Phi) is 3.95. The fraction of sp³-hybridized carbons (Fsp3) is 0.250. The number of pyridine rings is 1. The first kappa shape index (κ1) is 16.3. The molecule has 1 aliphatic rings. The topological polar surface area (TPSA) is 60.2 Å². The minimum atomic E-state index is -0.0461. The average molecular weight is 348 g/mol. The van der Waals surface area contributed by atoms with Crippen molar-refractivity contribution in [2.45, 2.75) is 19.9 Å². The fourth-order valence-corrected chi connectivity index (χ4v) is 3.37. The van der Waals surface area contributed by atoms with Crippen LogP contribution in [0.3, 0.4) is 0 Å². The van der Waals surface area contributed by atoms with E-state index in [2.05, 4.69) is 17.0 Å². The number of methoxy groups -OCH3 is 1. The van der Waals surface area contributed by atoms with Gasteiger partial charge in [0.05, 0.1) is 19.3 Å². The van der Waals surface area contributed by atoms with Gasteiger partial charge in [-0.3, -0.25) is 14.5 Å². The number of hydrogen-bond donors (Lipinski definition) is 0. The van der Waals surface area contributed by atoms with E-state index in [1.165, 1.54) is 0 Å². The van der Waals surface area contributed by atoms with Crippen LogP contribution in [0.5, 0.6) is 5.75 Å². The standard InChI is InChI=1S/C20H20N4O2/c1-13-10-15(8-9-21-13)18-11-22-24-14(2)12-23(20(25)19(18)24)16-4-6-17(26-3)7-5-16/h4-11,14H,12H2,1-3H3/t14-/m0/s1. The highest BCUT2D eigenvalue weighted by Crippen LogP contribution is 2.33. The molecule has 0 spiro atoms. The summed E-state index contributed by atoms with van der Waals surface area (Å²) in [6, 6.07) is 11.5. The Labute approximate surface area is 152 Å². The molecule has 0 saturated carbocycles. The zero-order valence-electron chi connectivity index (χ0n) is 15.0. The summed E-state index contributed by atoms with van der Waals surface area (Å²) in [4.78, 5) is 19.3. The maximum absolute atomic E-state index is 13.3. The molecule has 0 bridgehead atoms. The lowest BCUT2D eigenvalue weighted by Crippen LogP contribution is -2.42. The predicted molar refractivity (Wildman–Crippen MR) is 99.6 cm³/mol. The van der Waals surface area contributed by atoms with E-state index in [0.717, 1.165) is 28.3 Å². The largest absolute Gasteiger partial charge is 0.497 e. The Balaban J connectivity index is 1.78. The Bertz CT molecular complexity index is 962. The fourth-order valence-electron chi connectivity index (χ4n) is 3.37. The number of aryl methyl sites for hydroxylation is 1. The average Bonchev–Trinajstić information content (AvgIpc) is 3.11. The monoisotopic (exact) mass is 348 g/mol. The molecule has 3 aromatic rings. The molecule has 4 rings (SSSR count). The molecule has 6 nitrogen and oxygen atoms in total. The summed E-state index contributed by atoms with van der Waals surface area (Å²) in [5.41, 5.74) is 4.17. The summed E-state index contributed by atoms with van der Waals surface area (Å²) >= 11 is 0. The summed E-state index contributed by atoms with van der Waals surface area (Å²) in [5.74, 6) is 0.722. The quantitative estimate of drug-likeness (QED) is 0.727. The number of fused-ring (bicyclic) bond motifs is 1. The molecule has 0 aliphatic carbocycles. The molecular formula is C20H20N4O2. The van der Waals surface area contributed by atoms with Gasteiger partial charge in [-0.1, -0.05) is 0 Å². The minimum absolute atomic E-state index is 0.0461. The van der Waals surface area contributed by atoms with E-state index in [0.29, 0.717) is 12.2 Å². The van der Waals surface area contributed by atoms with Gasteiger partial charge in [-0.25, -0.2) is 0 Å². The highest BCUT2D eigenvalue weighted by Gasteiger charge is 2.33. The van der Waals surface area contributed by atoms with Gasteiger partial charge in [0, 0.05) is 29.7 Å². The molecule has 6 heteroatoms. The summed E-state index contributed by atoms with van der Waals surface area (Å²) < 4.78 is 7.04. The molecule has 3 heterocycles. The van der Waals surface area contributed by atoms with Crippen LogP contribution in [0.4, 0.5) is 5.69 Å². The van der Waals surface area contributed by atoms with E-state index in [1.807, 2.05) is 48.0 Å². The maximum atomic E-state index is 13.3. The third kappa shape index (κ3) is 2.63. The number of benzene rings is 1. The number of rotatable bonds is 3. The van der Waals surface area contributed by atoms with Crippen LogP contribution in [0.2, 0.25) is 0 Å². The van der Waals surface area contributed by atoms with Gasteiger partial charge in [0.25, 0.3) is 5.91 Å². The molecule has 2 aromatic heterocycles. The van der Waals surface area contributed by atoms with Gasteiger partial charge in [0.15, 0.2) is 0 Å². The normalized spacial score (nSPS) is 16.5. The summed E-state index contributed by atoms with van der Waals surface area (Å²) in [7, 11) is 1.63. The van der Waals surface area contributed by atoms with E-state index in [9.17, 15) is 4.79 Å². The van der Waals surface area contributed by atoms with Crippen LogP contribution >= 0.6 is 0 Å². The molecule has 0 radical (unpaired) electrons. The first-order valence-electron chi connectivity index (χ1n) is 8.55. The van der Waals surface area contributed by atoms with Crippen molar-refractivity contribution in [1.82, 2.24) is 14.8 Å². The number of aromatic nitrogens is 3. The van der Waals surface area contributed by atoms with Crippen molar-refractivity contribution in [2.24, 2.45) is 0 Å².